The van der Waals surface area contributed by atoms with Crippen molar-refractivity contribution < 1.29 is 4.79 Å². The summed E-state index contributed by atoms with van der Waals surface area (Å²) in [6, 6.07) is 8.99. The molecular weight excluding hydrogens is 512 g/mol. The first-order valence-electron chi connectivity index (χ1n) is 16.8. The standard InChI is InChI=1S/C39H52N2O/c1-9-22-40-33(42)36(5)19-18-35(4)20-21-38(7)27(28(35)24-36)14-15-31-37(6)23-26-25-12-10-11-13-29(25)41-32(26)34(2,3)30(37)16-17-39(31,38)8/h1,10-14,28,30-31,41H,15-24H2,2-8H3,(H,40,42)/t28-,30+,31-,35-,36+,37+,38-,39-/m1/s1. The lowest BCUT2D eigenvalue weighted by atomic mass is 9.34. The van der Waals surface area contributed by atoms with Crippen molar-refractivity contribution in [2.24, 2.45) is 44.8 Å². The Balaban J connectivity index is 1.30. The number of rotatable bonds is 2. The highest BCUT2D eigenvalue weighted by atomic mass is 16.2. The van der Waals surface area contributed by atoms with Crippen LogP contribution in [0, 0.1) is 57.2 Å². The lowest BCUT2D eigenvalue weighted by molar-refractivity contribution is -0.161. The number of aromatic nitrogens is 1. The fourth-order valence-corrected chi connectivity index (χ4v) is 12.2. The summed E-state index contributed by atoms with van der Waals surface area (Å²) in [5.74, 6) is 4.54. The Labute approximate surface area is 254 Å². The molecule has 1 amide bonds. The van der Waals surface area contributed by atoms with Crippen LogP contribution < -0.4 is 5.32 Å². The number of aromatic amines is 1. The zero-order chi connectivity index (χ0) is 29.9. The molecule has 0 saturated heterocycles. The van der Waals surface area contributed by atoms with Gasteiger partial charge in [-0.15, -0.1) is 6.42 Å². The normalized spacial score (nSPS) is 43.5. The van der Waals surface area contributed by atoms with E-state index >= 15 is 0 Å². The third kappa shape index (κ3) is 3.45. The zero-order valence-corrected chi connectivity index (χ0v) is 27.2. The van der Waals surface area contributed by atoms with E-state index in [0.717, 1.165) is 19.3 Å². The van der Waals surface area contributed by atoms with Gasteiger partial charge in [-0.3, -0.25) is 4.79 Å². The largest absolute Gasteiger partial charge is 0.358 e. The summed E-state index contributed by atoms with van der Waals surface area (Å²) in [4.78, 5) is 17.3. The van der Waals surface area contributed by atoms with Crippen LogP contribution in [0.25, 0.3) is 10.9 Å². The second-order valence-corrected chi connectivity index (χ2v) is 17.1. The second-order valence-electron chi connectivity index (χ2n) is 17.1. The summed E-state index contributed by atoms with van der Waals surface area (Å²) >= 11 is 0. The van der Waals surface area contributed by atoms with Gasteiger partial charge in [0.2, 0.25) is 5.91 Å². The van der Waals surface area contributed by atoms with E-state index in [1.54, 1.807) is 11.1 Å². The van der Waals surface area contributed by atoms with Crippen molar-refractivity contribution in [2.45, 2.75) is 112 Å². The number of amides is 1. The van der Waals surface area contributed by atoms with E-state index in [9.17, 15) is 4.79 Å². The molecule has 3 fully saturated rings. The highest BCUT2D eigenvalue weighted by Gasteiger charge is 2.68. The summed E-state index contributed by atoms with van der Waals surface area (Å²) in [6.07, 6.45) is 18.8. The van der Waals surface area contributed by atoms with Gasteiger partial charge in [-0.1, -0.05) is 84.2 Å². The first-order valence-corrected chi connectivity index (χ1v) is 16.8. The Morgan fingerprint density at radius 1 is 1.00 bits per heavy atom. The van der Waals surface area contributed by atoms with E-state index in [2.05, 4.69) is 95.0 Å². The topological polar surface area (TPSA) is 44.9 Å². The highest BCUT2D eigenvalue weighted by molar-refractivity contribution is 5.85. The third-order valence-electron chi connectivity index (χ3n) is 14.9. The van der Waals surface area contributed by atoms with Gasteiger partial charge in [0.05, 0.1) is 6.54 Å². The van der Waals surface area contributed by atoms with Crippen LogP contribution in [0.5, 0.6) is 0 Å². The van der Waals surface area contributed by atoms with E-state index in [0.29, 0.717) is 24.3 Å². The second kappa shape index (κ2) is 8.80. The molecule has 2 aromatic rings. The summed E-state index contributed by atoms with van der Waals surface area (Å²) in [7, 11) is 0. The van der Waals surface area contributed by atoms with Gasteiger partial charge in [0.15, 0.2) is 0 Å². The SMILES string of the molecule is C#CCNC(=O)[C@@]1(C)CC[C@]2(C)CC[C@]3(C)C(=CC[C@@H]4[C@@]5(C)Cc6c([nH]c7ccccc67)C(C)(C)[C@@H]5CC[C@]43C)[C@H]2C1. The summed E-state index contributed by atoms with van der Waals surface area (Å²) in [5.41, 5.74) is 6.81. The van der Waals surface area contributed by atoms with Gasteiger partial charge in [0.1, 0.15) is 0 Å². The first-order chi connectivity index (χ1) is 19.7. The highest BCUT2D eigenvalue weighted by Crippen LogP contribution is 2.75. The van der Waals surface area contributed by atoms with Gasteiger partial charge in [0.25, 0.3) is 0 Å². The molecule has 0 radical (unpaired) electrons. The van der Waals surface area contributed by atoms with Crippen molar-refractivity contribution in [1.29, 1.82) is 0 Å². The van der Waals surface area contributed by atoms with Crippen molar-refractivity contribution in [1.82, 2.24) is 10.3 Å². The number of carbonyl (C=O) groups is 1. The maximum atomic E-state index is 13.4. The predicted octanol–water partition coefficient (Wildman–Crippen LogP) is 8.73. The number of terminal acetylenes is 1. The van der Waals surface area contributed by atoms with Crippen molar-refractivity contribution >= 4 is 16.8 Å². The lowest BCUT2D eigenvalue weighted by Gasteiger charge is -2.70. The molecular formula is C39H52N2O. The number of carbonyl (C=O) groups excluding carboxylic acids is 1. The number of para-hydroxylation sites is 1. The van der Waals surface area contributed by atoms with Crippen LogP contribution >= 0.6 is 0 Å². The average molecular weight is 565 g/mol. The number of nitrogens with one attached hydrogen (secondary N) is 2. The molecule has 3 nitrogen and oxygen atoms in total. The summed E-state index contributed by atoms with van der Waals surface area (Å²) in [5, 5.41) is 4.48. The molecule has 3 heteroatoms. The van der Waals surface area contributed by atoms with Crippen LogP contribution in [0.2, 0.25) is 0 Å². The molecule has 224 valence electrons. The quantitative estimate of drug-likeness (QED) is 0.278. The maximum absolute atomic E-state index is 13.4. The average Bonchev–Trinajstić information content (AvgIpc) is 3.32. The zero-order valence-electron chi connectivity index (χ0n) is 27.2. The summed E-state index contributed by atoms with van der Waals surface area (Å²) < 4.78 is 0. The van der Waals surface area contributed by atoms with Crippen molar-refractivity contribution in [3.05, 3.63) is 47.2 Å². The summed E-state index contributed by atoms with van der Waals surface area (Å²) in [6.45, 7) is 18.1. The molecule has 1 heterocycles. The number of hydrogen-bond acceptors (Lipinski definition) is 1. The van der Waals surface area contributed by atoms with Gasteiger partial charge < -0.3 is 10.3 Å². The lowest BCUT2D eigenvalue weighted by Crippen LogP contribution is -2.64. The predicted molar refractivity (Wildman–Crippen MR) is 173 cm³/mol. The van der Waals surface area contributed by atoms with Gasteiger partial charge >= 0.3 is 0 Å². The molecule has 1 aromatic carbocycles. The molecule has 0 bridgehead atoms. The molecule has 0 spiro atoms. The van der Waals surface area contributed by atoms with E-state index in [1.807, 2.05) is 0 Å². The Morgan fingerprint density at radius 3 is 2.50 bits per heavy atom. The minimum absolute atomic E-state index is 0.121. The molecule has 0 aliphatic heterocycles. The fraction of sp³-hybridized carbons (Fsp3) is 0.667. The van der Waals surface area contributed by atoms with E-state index in [1.165, 1.54) is 55.1 Å². The maximum Gasteiger partial charge on any atom is 0.226 e. The van der Waals surface area contributed by atoms with Crippen molar-refractivity contribution in [2.75, 3.05) is 6.54 Å². The fourth-order valence-electron chi connectivity index (χ4n) is 12.2. The molecule has 5 aliphatic rings. The first kappa shape index (κ1) is 28.3. The van der Waals surface area contributed by atoms with Gasteiger partial charge in [-0.25, -0.2) is 0 Å². The molecule has 0 unspecified atom stereocenters. The van der Waals surface area contributed by atoms with E-state index in [-0.39, 0.29) is 38.4 Å². The molecule has 42 heavy (non-hydrogen) atoms. The molecule has 5 aliphatic carbocycles. The van der Waals surface area contributed by atoms with Gasteiger partial charge in [-0.05, 0) is 109 Å². The Hall–Kier alpha value is -2.47. The van der Waals surface area contributed by atoms with Crippen LogP contribution in [0.4, 0.5) is 0 Å². The van der Waals surface area contributed by atoms with Crippen molar-refractivity contribution in [3.63, 3.8) is 0 Å². The van der Waals surface area contributed by atoms with Crippen molar-refractivity contribution in [3.8, 4) is 12.3 Å². The number of allylic oxidation sites excluding steroid dienone is 2. The molecule has 7 rings (SSSR count). The Morgan fingerprint density at radius 2 is 1.74 bits per heavy atom. The number of fused-ring (bicyclic) bond motifs is 10. The number of hydrogen-bond donors (Lipinski definition) is 2. The monoisotopic (exact) mass is 564 g/mol. The number of H-pyrrole nitrogens is 1. The van der Waals surface area contributed by atoms with Crippen LogP contribution in [0.3, 0.4) is 0 Å². The van der Waals surface area contributed by atoms with E-state index in [4.69, 9.17) is 6.42 Å². The minimum atomic E-state index is -0.347. The Kier molecular flexibility index (Phi) is 5.93. The smallest absolute Gasteiger partial charge is 0.226 e. The van der Waals surface area contributed by atoms with Crippen LogP contribution in [0.15, 0.2) is 35.9 Å². The van der Waals surface area contributed by atoms with E-state index < -0.39 is 0 Å². The molecule has 3 saturated carbocycles. The van der Waals surface area contributed by atoms with Gasteiger partial charge in [0, 0.05) is 27.4 Å². The minimum Gasteiger partial charge on any atom is -0.358 e. The van der Waals surface area contributed by atoms with Crippen LogP contribution in [0.1, 0.15) is 111 Å². The van der Waals surface area contributed by atoms with Crippen LogP contribution in [-0.2, 0) is 16.6 Å². The molecule has 1 aromatic heterocycles. The Bertz CT molecular complexity index is 1540. The van der Waals surface area contributed by atoms with Gasteiger partial charge in [-0.2, -0.15) is 0 Å². The third-order valence-corrected chi connectivity index (χ3v) is 14.9. The molecule has 2 N–H and O–H groups in total. The molecule has 8 atom stereocenters. The number of benzene rings is 1. The van der Waals surface area contributed by atoms with Crippen LogP contribution in [-0.4, -0.2) is 17.4 Å².